The van der Waals surface area contributed by atoms with Gasteiger partial charge >= 0.3 is 0 Å². The minimum absolute atomic E-state index is 1.30. The molecule has 0 aliphatic carbocycles. The lowest BCUT2D eigenvalue weighted by atomic mass is 9.91. The molecule has 4 aromatic rings. The number of rotatable bonds is 1. The van der Waals surface area contributed by atoms with E-state index in [0.717, 1.165) is 0 Å². The quantitative estimate of drug-likeness (QED) is 0.360. The average Bonchev–Trinajstić information content (AvgIpc) is 2.53. The average molecular weight is 282 g/mol. The van der Waals surface area contributed by atoms with Crippen LogP contribution < -0.4 is 0 Å². The second kappa shape index (κ2) is 4.99. The maximum absolute atomic E-state index is 2.33. The first-order valence-corrected chi connectivity index (χ1v) is 7.72. The Bertz CT molecular complexity index is 973. The predicted octanol–water partition coefficient (Wildman–Crippen LogP) is 6.28. The van der Waals surface area contributed by atoms with Crippen molar-refractivity contribution in [1.82, 2.24) is 0 Å². The smallest absolute Gasteiger partial charge is 0.00988 e. The molecule has 0 unspecified atom stereocenters. The summed E-state index contributed by atoms with van der Waals surface area (Å²) >= 11 is 0. The molecule has 0 bridgehead atoms. The Kier molecular flexibility index (Phi) is 2.97. The van der Waals surface area contributed by atoms with Gasteiger partial charge in [-0.3, -0.25) is 0 Å². The van der Waals surface area contributed by atoms with Crippen LogP contribution in [-0.4, -0.2) is 0 Å². The molecule has 0 atom stereocenters. The Balaban J connectivity index is 2.12. The van der Waals surface area contributed by atoms with Gasteiger partial charge in [0.2, 0.25) is 0 Å². The number of fused-ring (bicyclic) bond motifs is 2. The molecule has 0 heterocycles. The SMILES string of the molecule is Cc1cccc(C)c1-c1cccc2cc3ccccc3cc12. The highest BCUT2D eigenvalue weighted by Crippen LogP contribution is 2.35. The number of benzene rings is 4. The van der Waals surface area contributed by atoms with E-state index >= 15 is 0 Å². The maximum atomic E-state index is 2.33. The zero-order chi connectivity index (χ0) is 15.1. The highest BCUT2D eigenvalue weighted by Gasteiger charge is 2.09. The van der Waals surface area contributed by atoms with Crippen molar-refractivity contribution in [3.63, 3.8) is 0 Å². The van der Waals surface area contributed by atoms with Gasteiger partial charge in [0.05, 0.1) is 0 Å². The number of hydrogen-bond acceptors (Lipinski definition) is 0. The van der Waals surface area contributed by atoms with Gasteiger partial charge in [0.15, 0.2) is 0 Å². The van der Waals surface area contributed by atoms with E-state index in [1.54, 1.807) is 0 Å². The minimum Gasteiger partial charge on any atom is -0.0617 e. The monoisotopic (exact) mass is 282 g/mol. The fraction of sp³-hybridized carbons (Fsp3) is 0.0909. The molecular weight excluding hydrogens is 264 g/mol. The van der Waals surface area contributed by atoms with E-state index in [0.29, 0.717) is 0 Å². The van der Waals surface area contributed by atoms with E-state index in [9.17, 15) is 0 Å². The first kappa shape index (κ1) is 13.1. The molecule has 0 spiro atoms. The largest absolute Gasteiger partial charge is 0.0617 e. The molecule has 0 saturated carbocycles. The van der Waals surface area contributed by atoms with Crippen molar-refractivity contribution in [2.75, 3.05) is 0 Å². The van der Waals surface area contributed by atoms with Gasteiger partial charge in [-0.1, -0.05) is 60.7 Å². The third-order valence-electron chi connectivity index (χ3n) is 4.50. The summed E-state index contributed by atoms with van der Waals surface area (Å²) in [5.74, 6) is 0. The van der Waals surface area contributed by atoms with Gasteiger partial charge < -0.3 is 0 Å². The highest BCUT2D eigenvalue weighted by molar-refractivity contribution is 6.05. The van der Waals surface area contributed by atoms with Crippen molar-refractivity contribution in [3.05, 3.63) is 83.9 Å². The second-order valence-corrected chi connectivity index (χ2v) is 5.99. The molecule has 0 heteroatoms. The van der Waals surface area contributed by atoms with Crippen LogP contribution in [0.1, 0.15) is 11.1 Å². The Morgan fingerprint density at radius 3 is 1.86 bits per heavy atom. The first-order chi connectivity index (χ1) is 10.7. The van der Waals surface area contributed by atoms with Crippen molar-refractivity contribution < 1.29 is 0 Å². The molecule has 0 aliphatic rings. The van der Waals surface area contributed by atoms with E-state index in [4.69, 9.17) is 0 Å². The first-order valence-electron chi connectivity index (χ1n) is 7.72. The van der Waals surface area contributed by atoms with Crippen LogP contribution in [0, 0.1) is 13.8 Å². The number of hydrogen-bond donors (Lipinski definition) is 0. The molecule has 0 aliphatic heterocycles. The lowest BCUT2D eigenvalue weighted by molar-refractivity contribution is 1.38. The van der Waals surface area contributed by atoms with Crippen LogP contribution in [0.4, 0.5) is 0 Å². The number of aryl methyl sites for hydroxylation is 2. The summed E-state index contributed by atoms with van der Waals surface area (Å²) < 4.78 is 0. The maximum Gasteiger partial charge on any atom is -0.00988 e. The minimum atomic E-state index is 1.30. The normalized spacial score (nSPS) is 11.2. The van der Waals surface area contributed by atoms with Gasteiger partial charge in [0.25, 0.3) is 0 Å². The summed E-state index contributed by atoms with van der Waals surface area (Å²) in [6, 6.07) is 26.3. The Morgan fingerprint density at radius 2 is 1.14 bits per heavy atom. The van der Waals surface area contributed by atoms with Crippen LogP contribution in [0.5, 0.6) is 0 Å². The van der Waals surface area contributed by atoms with Gasteiger partial charge in [0, 0.05) is 0 Å². The standard InChI is InChI=1S/C22H18/c1-15-7-5-8-16(2)22(15)20-12-6-11-19-13-17-9-3-4-10-18(17)14-21(19)20/h3-14H,1-2H3. The molecule has 4 aromatic carbocycles. The summed E-state index contributed by atoms with van der Waals surface area (Å²) in [7, 11) is 0. The Hall–Kier alpha value is -2.60. The molecule has 106 valence electrons. The molecule has 0 saturated heterocycles. The highest BCUT2D eigenvalue weighted by atomic mass is 14.1. The Morgan fingerprint density at radius 1 is 0.545 bits per heavy atom. The van der Waals surface area contributed by atoms with Crippen LogP contribution in [-0.2, 0) is 0 Å². The third kappa shape index (κ3) is 2.00. The van der Waals surface area contributed by atoms with Crippen LogP contribution >= 0.6 is 0 Å². The third-order valence-corrected chi connectivity index (χ3v) is 4.50. The van der Waals surface area contributed by atoms with Crippen molar-refractivity contribution in [2.45, 2.75) is 13.8 Å². The Labute approximate surface area is 131 Å². The van der Waals surface area contributed by atoms with Crippen LogP contribution in [0.2, 0.25) is 0 Å². The summed E-state index contributed by atoms with van der Waals surface area (Å²) in [5.41, 5.74) is 5.36. The summed E-state index contributed by atoms with van der Waals surface area (Å²) in [4.78, 5) is 0. The molecular formula is C22H18. The van der Waals surface area contributed by atoms with Crippen molar-refractivity contribution >= 4 is 21.5 Å². The van der Waals surface area contributed by atoms with E-state index in [1.165, 1.54) is 43.8 Å². The van der Waals surface area contributed by atoms with Crippen molar-refractivity contribution in [2.24, 2.45) is 0 Å². The van der Waals surface area contributed by atoms with Gasteiger partial charge in [-0.05, 0) is 69.8 Å². The predicted molar refractivity (Wildman–Crippen MR) is 96.4 cm³/mol. The van der Waals surface area contributed by atoms with Gasteiger partial charge in [-0.15, -0.1) is 0 Å². The van der Waals surface area contributed by atoms with Gasteiger partial charge in [0.1, 0.15) is 0 Å². The fourth-order valence-electron chi connectivity index (χ4n) is 3.42. The van der Waals surface area contributed by atoms with Crippen LogP contribution in [0.25, 0.3) is 32.7 Å². The molecule has 0 amide bonds. The molecule has 22 heavy (non-hydrogen) atoms. The summed E-state index contributed by atoms with van der Waals surface area (Å²) in [5, 5.41) is 5.24. The summed E-state index contributed by atoms with van der Waals surface area (Å²) in [6.07, 6.45) is 0. The van der Waals surface area contributed by atoms with Crippen molar-refractivity contribution in [3.8, 4) is 11.1 Å². The molecule has 4 rings (SSSR count). The zero-order valence-electron chi connectivity index (χ0n) is 12.9. The van der Waals surface area contributed by atoms with E-state index in [-0.39, 0.29) is 0 Å². The molecule has 0 N–H and O–H groups in total. The molecule has 0 radical (unpaired) electrons. The topological polar surface area (TPSA) is 0 Å². The zero-order valence-corrected chi connectivity index (χ0v) is 12.9. The van der Waals surface area contributed by atoms with E-state index in [1.807, 2.05) is 0 Å². The summed E-state index contributed by atoms with van der Waals surface area (Å²) in [6.45, 7) is 4.39. The van der Waals surface area contributed by atoms with Gasteiger partial charge in [-0.2, -0.15) is 0 Å². The van der Waals surface area contributed by atoms with Gasteiger partial charge in [-0.25, -0.2) is 0 Å². The lowest BCUT2D eigenvalue weighted by Gasteiger charge is -2.13. The molecule has 0 aromatic heterocycles. The van der Waals surface area contributed by atoms with Crippen molar-refractivity contribution in [1.29, 1.82) is 0 Å². The second-order valence-electron chi connectivity index (χ2n) is 5.99. The van der Waals surface area contributed by atoms with Crippen LogP contribution in [0.3, 0.4) is 0 Å². The van der Waals surface area contributed by atoms with E-state index in [2.05, 4.69) is 86.6 Å². The van der Waals surface area contributed by atoms with Crippen LogP contribution in [0.15, 0.2) is 72.8 Å². The molecule has 0 fully saturated rings. The molecule has 0 nitrogen and oxygen atoms in total. The fourth-order valence-corrected chi connectivity index (χ4v) is 3.42. The van der Waals surface area contributed by atoms with E-state index < -0.39 is 0 Å². The lowest BCUT2D eigenvalue weighted by Crippen LogP contribution is -1.89.